The molecule has 0 bridgehead atoms. The van der Waals surface area contributed by atoms with Crippen LogP contribution in [-0.2, 0) is 23.6 Å². The van der Waals surface area contributed by atoms with Gasteiger partial charge in [-0.25, -0.2) is 13.4 Å². The molecule has 0 amide bonds. The Hall–Kier alpha value is -1.42. The van der Waals surface area contributed by atoms with Crippen LogP contribution in [0.5, 0.6) is 0 Å². The average molecular weight is 389 g/mol. The number of sulfonamides is 1. The molecule has 3 heterocycles. The molecule has 1 N–H and O–H groups in total. The van der Waals surface area contributed by atoms with Gasteiger partial charge in [0.1, 0.15) is 10.7 Å². The average Bonchev–Trinajstić information content (AvgIpc) is 3.10. The Balaban J connectivity index is 0.00000225. The second-order valence-electron chi connectivity index (χ2n) is 6.05. The number of hydrogen-bond acceptors (Lipinski definition) is 5. The van der Waals surface area contributed by atoms with E-state index in [1.165, 1.54) is 0 Å². The Kier molecular flexibility index (Phi) is 5.93. The van der Waals surface area contributed by atoms with E-state index in [4.69, 9.17) is 0 Å². The van der Waals surface area contributed by atoms with Crippen LogP contribution in [0, 0.1) is 13.8 Å². The summed E-state index contributed by atoms with van der Waals surface area (Å²) in [6.07, 6.45) is 3.53. The molecule has 1 aliphatic rings. The van der Waals surface area contributed by atoms with Gasteiger partial charge in [0.2, 0.25) is 10.0 Å². The lowest BCUT2D eigenvalue weighted by atomic mass is 10.2. The van der Waals surface area contributed by atoms with Crippen molar-refractivity contribution < 1.29 is 8.42 Å². The maximum atomic E-state index is 13.4. The minimum atomic E-state index is -3.65. The zero-order chi connectivity index (χ0) is 17.5. The molecule has 1 aliphatic heterocycles. The van der Waals surface area contributed by atoms with E-state index < -0.39 is 10.0 Å². The highest BCUT2D eigenvalue weighted by Gasteiger charge is 2.39. The highest BCUT2D eigenvalue weighted by Crippen LogP contribution is 2.31. The third-order valence-corrected chi connectivity index (χ3v) is 6.69. The first-order valence-corrected chi connectivity index (χ1v) is 9.55. The van der Waals surface area contributed by atoms with Crippen molar-refractivity contribution >= 4 is 22.4 Å². The molecular formula is C15H25ClN6O2S. The van der Waals surface area contributed by atoms with E-state index in [1.807, 2.05) is 31.7 Å². The van der Waals surface area contributed by atoms with E-state index in [2.05, 4.69) is 15.4 Å². The Morgan fingerprint density at radius 3 is 2.64 bits per heavy atom. The summed E-state index contributed by atoms with van der Waals surface area (Å²) in [7, 11) is -1.77. The molecule has 1 saturated heterocycles. The summed E-state index contributed by atoms with van der Waals surface area (Å²) in [5, 5.41) is 7.64. The second kappa shape index (κ2) is 7.45. The van der Waals surface area contributed by atoms with Crippen LogP contribution in [0.4, 0.5) is 0 Å². The van der Waals surface area contributed by atoms with E-state index in [0.29, 0.717) is 42.5 Å². The molecule has 1 atom stereocenters. The molecule has 0 saturated carbocycles. The fourth-order valence-corrected chi connectivity index (χ4v) is 5.33. The van der Waals surface area contributed by atoms with Gasteiger partial charge in [0.25, 0.3) is 0 Å². The van der Waals surface area contributed by atoms with Crippen LogP contribution >= 0.6 is 12.4 Å². The Bertz CT molecular complexity index is 844. The van der Waals surface area contributed by atoms with E-state index in [0.717, 1.165) is 5.82 Å². The lowest BCUT2D eigenvalue weighted by Gasteiger charge is -2.34. The molecule has 140 valence electrons. The first-order valence-electron chi connectivity index (χ1n) is 8.11. The van der Waals surface area contributed by atoms with Crippen LogP contribution in [0.1, 0.15) is 30.2 Å². The zero-order valence-electron chi connectivity index (χ0n) is 14.9. The number of halogens is 1. The van der Waals surface area contributed by atoms with E-state index in [1.54, 1.807) is 22.1 Å². The molecule has 2 aromatic heterocycles. The topological polar surface area (TPSA) is 85.1 Å². The molecule has 0 aromatic carbocycles. The molecule has 25 heavy (non-hydrogen) atoms. The maximum Gasteiger partial charge on any atom is 0.247 e. The Morgan fingerprint density at radius 2 is 2.08 bits per heavy atom. The molecule has 3 rings (SSSR count). The summed E-state index contributed by atoms with van der Waals surface area (Å²) in [6, 6.07) is -0.326. The van der Waals surface area contributed by atoms with Gasteiger partial charge in [-0.3, -0.25) is 4.68 Å². The fourth-order valence-electron chi connectivity index (χ4n) is 3.37. The fraction of sp³-hybridized carbons (Fsp3) is 0.600. The summed E-state index contributed by atoms with van der Waals surface area (Å²) in [5.41, 5.74) is 1.23. The monoisotopic (exact) mass is 388 g/mol. The molecular weight excluding hydrogens is 364 g/mol. The molecule has 10 heteroatoms. The van der Waals surface area contributed by atoms with Gasteiger partial charge in [0.15, 0.2) is 0 Å². The van der Waals surface area contributed by atoms with Crippen LogP contribution < -0.4 is 5.32 Å². The molecule has 0 aliphatic carbocycles. The number of piperazine rings is 1. The molecule has 0 spiro atoms. The SMILES string of the molecule is CCn1nc(C)c(S(=O)(=O)N2CCNCC2c2nccn2C)c1C.Cl. The van der Waals surface area contributed by atoms with Gasteiger partial charge in [-0.15, -0.1) is 12.4 Å². The summed E-state index contributed by atoms with van der Waals surface area (Å²) >= 11 is 0. The van der Waals surface area contributed by atoms with Gasteiger partial charge < -0.3 is 9.88 Å². The van der Waals surface area contributed by atoms with E-state index in [-0.39, 0.29) is 18.4 Å². The third kappa shape index (κ3) is 3.33. The van der Waals surface area contributed by atoms with Gasteiger partial charge in [0.05, 0.1) is 17.4 Å². The standard InChI is InChI=1S/C15H24N6O2S.ClH/c1-5-20-12(3)14(11(2)18-20)24(22,23)21-9-6-16-10-13(21)15-17-7-8-19(15)4;/h7-8,13,16H,5-6,9-10H2,1-4H3;1H. The van der Waals surface area contributed by atoms with Crippen LogP contribution in [0.25, 0.3) is 0 Å². The normalized spacial score (nSPS) is 19.0. The van der Waals surface area contributed by atoms with Crippen molar-refractivity contribution in [1.29, 1.82) is 0 Å². The summed E-state index contributed by atoms with van der Waals surface area (Å²) in [6.45, 7) is 7.75. The molecule has 1 unspecified atom stereocenters. The largest absolute Gasteiger partial charge is 0.337 e. The first-order chi connectivity index (χ1) is 11.4. The Labute approximate surface area is 154 Å². The van der Waals surface area contributed by atoms with Crippen molar-refractivity contribution in [2.75, 3.05) is 19.6 Å². The van der Waals surface area contributed by atoms with E-state index >= 15 is 0 Å². The number of nitrogens with zero attached hydrogens (tertiary/aromatic N) is 5. The van der Waals surface area contributed by atoms with Crippen molar-refractivity contribution in [2.45, 2.75) is 38.3 Å². The van der Waals surface area contributed by atoms with Crippen molar-refractivity contribution in [3.05, 3.63) is 29.6 Å². The number of hydrogen-bond donors (Lipinski definition) is 1. The predicted octanol–water partition coefficient (Wildman–Crippen LogP) is 1.01. The summed E-state index contributed by atoms with van der Waals surface area (Å²) in [5.74, 6) is 0.740. The quantitative estimate of drug-likeness (QED) is 0.844. The minimum absolute atomic E-state index is 0. The number of aromatic nitrogens is 4. The third-order valence-electron chi connectivity index (χ3n) is 4.53. The number of rotatable bonds is 4. The van der Waals surface area contributed by atoms with Crippen LogP contribution in [-0.4, -0.2) is 51.7 Å². The number of imidazole rings is 1. The molecule has 0 radical (unpaired) electrons. The van der Waals surface area contributed by atoms with Crippen molar-refractivity contribution in [2.24, 2.45) is 7.05 Å². The summed E-state index contributed by atoms with van der Waals surface area (Å²) < 4.78 is 31.9. The number of nitrogens with one attached hydrogen (secondary N) is 1. The highest BCUT2D eigenvalue weighted by molar-refractivity contribution is 7.89. The van der Waals surface area contributed by atoms with Crippen molar-refractivity contribution in [3.8, 4) is 0 Å². The number of aryl methyl sites for hydroxylation is 3. The highest BCUT2D eigenvalue weighted by atomic mass is 35.5. The minimum Gasteiger partial charge on any atom is -0.337 e. The molecule has 1 fully saturated rings. The lowest BCUT2D eigenvalue weighted by Crippen LogP contribution is -2.49. The van der Waals surface area contributed by atoms with Crippen molar-refractivity contribution in [1.82, 2.24) is 29.0 Å². The summed E-state index contributed by atoms with van der Waals surface area (Å²) in [4.78, 5) is 4.68. The maximum absolute atomic E-state index is 13.4. The first kappa shape index (κ1) is 19.9. The second-order valence-corrected chi connectivity index (χ2v) is 7.88. The van der Waals surface area contributed by atoms with Gasteiger partial charge in [-0.05, 0) is 20.8 Å². The van der Waals surface area contributed by atoms with Crippen LogP contribution in [0.3, 0.4) is 0 Å². The predicted molar refractivity (Wildman–Crippen MR) is 97.3 cm³/mol. The van der Waals surface area contributed by atoms with E-state index in [9.17, 15) is 8.42 Å². The lowest BCUT2D eigenvalue weighted by molar-refractivity contribution is 0.258. The van der Waals surface area contributed by atoms with Crippen LogP contribution in [0.2, 0.25) is 0 Å². The van der Waals surface area contributed by atoms with Gasteiger partial charge >= 0.3 is 0 Å². The van der Waals surface area contributed by atoms with Gasteiger partial charge in [-0.1, -0.05) is 0 Å². The zero-order valence-corrected chi connectivity index (χ0v) is 16.6. The molecule has 2 aromatic rings. The smallest absolute Gasteiger partial charge is 0.247 e. The van der Waals surface area contributed by atoms with Crippen molar-refractivity contribution in [3.63, 3.8) is 0 Å². The van der Waals surface area contributed by atoms with Gasteiger partial charge in [-0.2, -0.15) is 9.40 Å². The molecule has 8 nitrogen and oxygen atoms in total. The van der Waals surface area contributed by atoms with Gasteiger partial charge in [0, 0.05) is 45.6 Å². The Morgan fingerprint density at radius 1 is 1.36 bits per heavy atom. The van der Waals surface area contributed by atoms with Crippen LogP contribution in [0.15, 0.2) is 17.3 Å².